The van der Waals surface area contributed by atoms with Gasteiger partial charge in [0.2, 0.25) is 0 Å². The van der Waals surface area contributed by atoms with Crippen LogP contribution in [0.1, 0.15) is 17.7 Å². The number of benzene rings is 1. The number of aryl methyl sites for hydroxylation is 2. The Morgan fingerprint density at radius 2 is 2.04 bits per heavy atom. The van der Waals surface area contributed by atoms with E-state index in [0.717, 1.165) is 55.8 Å². The number of aromatic nitrogens is 1. The molecule has 2 atom stereocenters. The number of fused-ring (bicyclic) bond motifs is 1. The molecular formula is C20H24N4O. The molecule has 0 aliphatic carbocycles. The van der Waals surface area contributed by atoms with E-state index in [4.69, 9.17) is 0 Å². The van der Waals surface area contributed by atoms with Crippen molar-refractivity contribution in [2.75, 3.05) is 25.0 Å². The zero-order chi connectivity index (χ0) is 17.1. The number of carbonyl (C=O) groups excluding carboxylic acids is 1. The van der Waals surface area contributed by atoms with E-state index >= 15 is 0 Å². The molecule has 3 heterocycles. The third-order valence-electron chi connectivity index (χ3n) is 5.34. The predicted octanol–water partition coefficient (Wildman–Crippen LogP) is 2.69. The molecule has 1 aromatic carbocycles. The fraction of sp³-hybridized carbons (Fsp3) is 0.400. The fourth-order valence-corrected chi connectivity index (χ4v) is 3.96. The first-order valence-corrected chi connectivity index (χ1v) is 9.07. The Bertz CT molecular complexity index is 733. The predicted molar refractivity (Wildman–Crippen MR) is 98.6 cm³/mol. The van der Waals surface area contributed by atoms with Gasteiger partial charge in [-0.25, -0.2) is 4.79 Å². The molecule has 5 nitrogen and oxygen atoms in total. The summed E-state index contributed by atoms with van der Waals surface area (Å²) in [5.41, 5.74) is 3.14. The summed E-state index contributed by atoms with van der Waals surface area (Å²) < 4.78 is 0. The Morgan fingerprint density at radius 3 is 2.92 bits per heavy atom. The summed E-state index contributed by atoms with van der Waals surface area (Å²) in [6.45, 7) is 2.81. The minimum Gasteiger partial charge on any atom is -0.320 e. The number of anilines is 1. The molecule has 5 heteroatoms. The van der Waals surface area contributed by atoms with Gasteiger partial charge < -0.3 is 15.5 Å². The molecule has 130 valence electrons. The second kappa shape index (κ2) is 7.23. The number of hydrogen-bond donors (Lipinski definition) is 2. The number of urea groups is 1. The van der Waals surface area contributed by atoms with Crippen LogP contribution in [0.4, 0.5) is 10.5 Å². The van der Waals surface area contributed by atoms with Crippen molar-refractivity contribution < 1.29 is 4.79 Å². The van der Waals surface area contributed by atoms with Crippen LogP contribution in [0.15, 0.2) is 48.7 Å². The lowest BCUT2D eigenvalue weighted by molar-refractivity contribution is 0.206. The Kier molecular flexibility index (Phi) is 4.65. The van der Waals surface area contributed by atoms with Gasteiger partial charge in [-0.1, -0.05) is 24.3 Å². The minimum atomic E-state index is 0.0292. The van der Waals surface area contributed by atoms with E-state index in [2.05, 4.69) is 21.7 Å². The second-order valence-electron chi connectivity index (χ2n) is 6.88. The summed E-state index contributed by atoms with van der Waals surface area (Å²) in [6, 6.07) is 14.4. The fourth-order valence-electron chi connectivity index (χ4n) is 3.96. The van der Waals surface area contributed by atoms with Crippen molar-refractivity contribution in [2.24, 2.45) is 5.92 Å². The number of nitrogens with zero attached hydrogens (tertiary/aromatic N) is 2. The number of amides is 2. The van der Waals surface area contributed by atoms with E-state index in [9.17, 15) is 4.79 Å². The molecule has 0 bridgehead atoms. The van der Waals surface area contributed by atoms with Crippen molar-refractivity contribution in [1.82, 2.24) is 15.2 Å². The summed E-state index contributed by atoms with van der Waals surface area (Å²) in [6.07, 6.45) is 4.65. The highest BCUT2D eigenvalue weighted by Crippen LogP contribution is 2.28. The highest BCUT2D eigenvalue weighted by molar-refractivity contribution is 5.90. The summed E-state index contributed by atoms with van der Waals surface area (Å²) >= 11 is 0. The molecule has 4 rings (SSSR count). The van der Waals surface area contributed by atoms with E-state index < -0.39 is 0 Å². The minimum absolute atomic E-state index is 0.0292. The molecule has 0 radical (unpaired) electrons. The molecule has 0 spiro atoms. The number of rotatable bonds is 4. The number of nitrogens with one attached hydrogen (secondary N) is 2. The maximum atomic E-state index is 12.8. The molecule has 2 aliphatic heterocycles. The van der Waals surface area contributed by atoms with E-state index in [1.807, 2.05) is 47.5 Å². The Hall–Kier alpha value is -2.40. The molecule has 25 heavy (non-hydrogen) atoms. The quantitative estimate of drug-likeness (QED) is 0.902. The van der Waals surface area contributed by atoms with Crippen molar-refractivity contribution in [3.63, 3.8) is 0 Å². The van der Waals surface area contributed by atoms with Gasteiger partial charge in [0.05, 0.1) is 0 Å². The van der Waals surface area contributed by atoms with Crippen molar-refractivity contribution in [3.8, 4) is 0 Å². The van der Waals surface area contributed by atoms with E-state index in [1.54, 1.807) is 0 Å². The summed E-state index contributed by atoms with van der Waals surface area (Å²) in [4.78, 5) is 19.1. The van der Waals surface area contributed by atoms with Crippen LogP contribution in [-0.2, 0) is 12.8 Å². The number of likely N-dealkylation sites (tertiary alicyclic amines) is 1. The van der Waals surface area contributed by atoms with Crippen LogP contribution in [0.3, 0.4) is 0 Å². The molecule has 0 saturated carbocycles. The van der Waals surface area contributed by atoms with Crippen molar-refractivity contribution >= 4 is 11.7 Å². The van der Waals surface area contributed by atoms with Crippen LogP contribution in [0.2, 0.25) is 0 Å². The average Bonchev–Trinajstić information content (AvgIpc) is 3.25. The molecule has 2 fully saturated rings. The number of para-hydroxylation sites is 1. The topological polar surface area (TPSA) is 57.3 Å². The average molecular weight is 336 g/mol. The zero-order valence-electron chi connectivity index (χ0n) is 14.3. The molecular weight excluding hydrogens is 312 g/mol. The Labute approximate surface area is 148 Å². The lowest BCUT2D eigenvalue weighted by atomic mass is 10.1. The van der Waals surface area contributed by atoms with Crippen LogP contribution < -0.4 is 10.6 Å². The summed E-state index contributed by atoms with van der Waals surface area (Å²) in [5.74, 6) is 0.616. The van der Waals surface area contributed by atoms with E-state index in [-0.39, 0.29) is 6.03 Å². The molecule has 2 N–H and O–H groups in total. The number of carbonyl (C=O) groups is 1. The van der Waals surface area contributed by atoms with Crippen molar-refractivity contribution in [2.45, 2.75) is 25.3 Å². The van der Waals surface area contributed by atoms with Gasteiger partial charge >= 0.3 is 6.03 Å². The van der Waals surface area contributed by atoms with Gasteiger partial charge in [0.15, 0.2) is 0 Å². The second-order valence-corrected chi connectivity index (χ2v) is 6.88. The third-order valence-corrected chi connectivity index (χ3v) is 5.34. The highest BCUT2D eigenvalue weighted by Gasteiger charge is 2.39. The maximum Gasteiger partial charge on any atom is 0.322 e. The van der Waals surface area contributed by atoms with Gasteiger partial charge in [-0.05, 0) is 48.9 Å². The standard InChI is InChI=1S/C20H24N4O/c25-20(24-12-10-16-13-21-14-19(16)24)23-18-7-2-1-5-15(18)8-9-17-6-3-4-11-22-17/h1-7,11,16,19,21H,8-10,12-14H2,(H,23,25)/t16-,19+/m0/s1. The molecule has 2 saturated heterocycles. The molecule has 2 aliphatic rings. The van der Waals surface area contributed by atoms with Crippen LogP contribution in [0.5, 0.6) is 0 Å². The molecule has 2 amide bonds. The zero-order valence-corrected chi connectivity index (χ0v) is 14.3. The monoisotopic (exact) mass is 336 g/mol. The van der Waals surface area contributed by atoms with E-state index in [1.165, 1.54) is 0 Å². The highest BCUT2D eigenvalue weighted by atomic mass is 16.2. The molecule has 2 aromatic rings. The lowest BCUT2D eigenvalue weighted by Crippen LogP contribution is -2.41. The lowest BCUT2D eigenvalue weighted by Gasteiger charge is -2.24. The Morgan fingerprint density at radius 1 is 1.16 bits per heavy atom. The smallest absolute Gasteiger partial charge is 0.320 e. The maximum absolute atomic E-state index is 12.8. The first-order valence-electron chi connectivity index (χ1n) is 9.07. The summed E-state index contributed by atoms with van der Waals surface area (Å²) in [7, 11) is 0. The van der Waals surface area contributed by atoms with Crippen LogP contribution >= 0.6 is 0 Å². The van der Waals surface area contributed by atoms with Gasteiger partial charge in [0.25, 0.3) is 0 Å². The van der Waals surface area contributed by atoms with Gasteiger partial charge in [-0.2, -0.15) is 0 Å². The van der Waals surface area contributed by atoms with Gasteiger partial charge in [-0.3, -0.25) is 4.98 Å². The first-order chi connectivity index (χ1) is 12.3. The molecule has 0 unspecified atom stereocenters. The van der Waals surface area contributed by atoms with Gasteiger partial charge in [-0.15, -0.1) is 0 Å². The van der Waals surface area contributed by atoms with Crippen molar-refractivity contribution in [1.29, 1.82) is 0 Å². The Balaban J connectivity index is 1.43. The van der Waals surface area contributed by atoms with Gasteiger partial charge in [0.1, 0.15) is 0 Å². The van der Waals surface area contributed by atoms with Gasteiger partial charge in [0, 0.05) is 43.3 Å². The first kappa shape index (κ1) is 16.1. The number of hydrogen-bond acceptors (Lipinski definition) is 3. The SMILES string of the molecule is O=C(Nc1ccccc1CCc1ccccn1)N1CC[C@H]2CNC[C@H]21. The molecule has 1 aromatic heterocycles. The van der Waals surface area contributed by atoms with Crippen molar-refractivity contribution in [3.05, 3.63) is 59.9 Å². The summed E-state index contributed by atoms with van der Waals surface area (Å²) in [5, 5.41) is 6.53. The third kappa shape index (κ3) is 3.51. The van der Waals surface area contributed by atoms with Crippen LogP contribution in [0, 0.1) is 5.92 Å². The van der Waals surface area contributed by atoms with Crippen LogP contribution in [-0.4, -0.2) is 41.6 Å². The normalized spacial score (nSPS) is 22.0. The van der Waals surface area contributed by atoms with E-state index in [0.29, 0.717) is 12.0 Å². The number of pyridine rings is 1. The largest absolute Gasteiger partial charge is 0.322 e. The van der Waals surface area contributed by atoms with Crippen LogP contribution in [0.25, 0.3) is 0 Å².